The van der Waals surface area contributed by atoms with E-state index in [0.29, 0.717) is 0 Å². The maximum atomic E-state index is 3.82. The number of hydrogen-bond acceptors (Lipinski definition) is 0. The van der Waals surface area contributed by atoms with Gasteiger partial charge in [0.2, 0.25) is 0 Å². The van der Waals surface area contributed by atoms with E-state index >= 15 is 0 Å². The first-order valence-electron chi connectivity index (χ1n) is 2.88. The van der Waals surface area contributed by atoms with Crippen LogP contribution in [0.2, 0.25) is 0 Å². The van der Waals surface area contributed by atoms with E-state index < -0.39 is 0 Å². The summed E-state index contributed by atoms with van der Waals surface area (Å²) in [5.41, 5.74) is 0. The van der Waals surface area contributed by atoms with Crippen molar-refractivity contribution >= 4 is 12.7 Å². The quantitative estimate of drug-likeness (QED) is 0.469. The van der Waals surface area contributed by atoms with E-state index in [4.69, 9.17) is 0 Å². The summed E-state index contributed by atoms with van der Waals surface area (Å²) in [6, 6.07) is 7.91. The molecule has 0 amide bonds. The standard InChI is InChI=1S/C9H9/c1-3-9-7-5-4-6-8(9)2/h3-7H,1-2H2/b9-3-. The van der Waals surface area contributed by atoms with E-state index in [0.717, 1.165) is 10.4 Å². The Bertz CT molecular complexity index is 283. The molecule has 0 N–H and O–H groups in total. The van der Waals surface area contributed by atoms with Gasteiger partial charge in [-0.15, -0.1) is 0 Å². The summed E-state index contributed by atoms with van der Waals surface area (Å²) in [6.07, 6.45) is 1.81. The van der Waals surface area contributed by atoms with E-state index in [1.54, 1.807) is 0 Å². The van der Waals surface area contributed by atoms with E-state index in [1.807, 2.05) is 30.3 Å². The van der Waals surface area contributed by atoms with Crippen LogP contribution in [0.3, 0.4) is 0 Å². The SMILES string of the molecule is [CH2]/C=c1/ccccc1=C. The maximum Gasteiger partial charge on any atom is -0.0230 e. The van der Waals surface area contributed by atoms with E-state index in [1.165, 1.54) is 0 Å². The molecule has 45 valence electrons. The third-order valence-electron chi connectivity index (χ3n) is 1.28. The highest BCUT2D eigenvalue weighted by atomic mass is 13.8. The molecular formula is C9H9. The molecule has 0 saturated heterocycles. The Balaban J connectivity index is 3.53. The lowest BCUT2D eigenvalue weighted by Crippen LogP contribution is -2.20. The summed E-state index contributed by atoms with van der Waals surface area (Å²) in [7, 11) is 0. The van der Waals surface area contributed by atoms with E-state index in [9.17, 15) is 0 Å². The van der Waals surface area contributed by atoms with Gasteiger partial charge in [0.25, 0.3) is 0 Å². The minimum atomic E-state index is 1.03. The van der Waals surface area contributed by atoms with Crippen molar-refractivity contribution in [3.63, 3.8) is 0 Å². The van der Waals surface area contributed by atoms with Crippen molar-refractivity contribution in [1.82, 2.24) is 0 Å². The predicted octanol–water partition coefficient (Wildman–Crippen LogP) is 0.711. The summed E-state index contributed by atoms with van der Waals surface area (Å²) in [4.78, 5) is 0. The smallest absolute Gasteiger partial charge is 0.0230 e. The first kappa shape index (κ1) is 6.09. The monoisotopic (exact) mass is 117 g/mol. The molecule has 0 aromatic heterocycles. The van der Waals surface area contributed by atoms with Crippen molar-refractivity contribution in [2.24, 2.45) is 0 Å². The molecule has 0 nitrogen and oxygen atoms in total. The minimum Gasteiger partial charge on any atom is -0.0912 e. The second kappa shape index (κ2) is 2.49. The van der Waals surface area contributed by atoms with Crippen molar-refractivity contribution in [3.05, 3.63) is 41.6 Å². The minimum absolute atomic E-state index is 1.03. The van der Waals surface area contributed by atoms with Crippen molar-refractivity contribution in [1.29, 1.82) is 0 Å². The molecule has 0 fully saturated rings. The molecule has 0 unspecified atom stereocenters. The summed E-state index contributed by atoms with van der Waals surface area (Å²) in [5.74, 6) is 0. The highest BCUT2D eigenvalue weighted by Gasteiger charge is 1.74. The molecule has 1 radical (unpaired) electrons. The molecule has 0 aliphatic carbocycles. The lowest BCUT2D eigenvalue weighted by atomic mass is 10.2. The predicted molar refractivity (Wildman–Crippen MR) is 41.0 cm³/mol. The Morgan fingerprint density at radius 2 is 1.89 bits per heavy atom. The summed E-state index contributed by atoms with van der Waals surface area (Å²) < 4.78 is 0. The molecule has 1 rings (SSSR count). The fraction of sp³-hybridized carbons (Fsp3) is 0. The van der Waals surface area contributed by atoms with Gasteiger partial charge in [-0.1, -0.05) is 36.9 Å². The van der Waals surface area contributed by atoms with E-state index in [2.05, 4.69) is 13.5 Å². The normalized spacial score (nSPS) is 11.9. The zero-order valence-corrected chi connectivity index (χ0v) is 5.30. The topological polar surface area (TPSA) is 0 Å². The highest BCUT2D eigenvalue weighted by molar-refractivity contribution is 5.28. The third-order valence-corrected chi connectivity index (χ3v) is 1.28. The molecular weight excluding hydrogens is 108 g/mol. The van der Waals surface area contributed by atoms with Crippen LogP contribution in [0.5, 0.6) is 0 Å². The number of rotatable bonds is 0. The van der Waals surface area contributed by atoms with E-state index in [-0.39, 0.29) is 0 Å². The fourth-order valence-corrected chi connectivity index (χ4v) is 0.733. The molecule has 0 aliphatic rings. The van der Waals surface area contributed by atoms with Gasteiger partial charge in [-0.05, 0) is 17.4 Å². The molecule has 0 saturated carbocycles. The lowest BCUT2D eigenvalue weighted by molar-refractivity contribution is 1.53. The number of benzene rings is 1. The van der Waals surface area contributed by atoms with Crippen molar-refractivity contribution in [3.8, 4) is 0 Å². The molecule has 1 aromatic rings. The van der Waals surface area contributed by atoms with Crippen LogP contribution in [0.15, 0.2) is 24.3 Å². The van der Waals surface area contributed by atoms with Gasteiger partial charge >= 0.3 is 0 Å². The average molecular weight is 117 g/mol. The Morgan fingerprint density at radius 1 is 1.22 bits per heavy atom. The molecule has 0 aliphatic heterocycles. The van der Waals surface area contributed by atoms with Crippen LogP contribution in [0.25, 0.3) is 12.7 Å². The molecule has 1 aromatic carbocycles. The highest BCUT2D eigenvalue weighted by Crippen LogP contribution is 1.68. The second-order valence-electron chi connectivity index (χ2n) is 1.90. The average Bonchev–Trinajstić information content (AvgIpc) is 1.89. The summed E-state index contributed by atoms with van der Waals surface area (Å²) in [6.45, 7) is 7.47. The van der Waals surface area contributed by atoms with Crippen LogP contribution in [0.4, 0.5) is 0 Å². The fourth-order valence-electron chi connectivity index (χ4n) is 0.733. The zero-order valence-electron chi connectivity index (χ0n) is 5.30. The van der Waals surface area contributed by atoms with Crippen LogP contribution < -0.4 is 10.4 Å². The molecule has 0 atom stereocenters. The van der Waals surface area contributed by atoms with Crippen LogP contribution >= 0.6 is 0 Å². The molecule has 0 heterocycles. The second-order valence-corrected chi connectivity index (χ2v) is 1.90. The first-order valence-corrected chi connectivity index (χ1v) is 2.88. The van der Waals surface area contributed by atoms with Gasteiger partial charge in [0, 0.05) is 0 Å². The zero-order chi connectivity index (χ0) is 6.69. The van der Waals surface area contributed by atoms with Crippen molar-refractivity contribution in [2.45, 2.75) is 0 Å². The maximum absolute atomic E-state index is 3.82. The Kier molecular flexibility index (Phi) is 1.69. The first-order chi connectivity index (χ1) is 4.34. The molecule has 0 heteroatoms. The van der Waals surface area contributed by atoms with Crippen LogP contribution in [0.1, 0.15) is 0 Å². The molecule has 0 spiro atoms. The van der Waals surface area contributed by atoms with Gasteiger partial charge < -0.3 is 0 Å². The number of hydrogen-bond donors (Lipinski definition) is 0. The Hall–Kier alpha value is -1.04. The lowest BCUT2D eigenvalue weighted by Gasteiger charge is -1.82. The third kappa shape index (κ3) is 1.20. The van der Waals surface area contributed by atoms with Crippen molar-refractivity contribution in [2.75, 3.05) is 0 Å². The van der Waals surface area contributed by atoms with Gasteiger partial charge in [0.05, 0.1) is 0 Å². The van der Waals surface area contributed by atoms with Crippen LogP contribution in [-0.4, -0.2) is 0 Å². The van der Waals surface area contributed by atoms with Gasteiger partial charge in [-0.2, -0.15) is 0 Å². The Labute approximate surface area is 55.1 Å². The van der Waals surface area contributed by atoms with Gasteiger partial charge in [-0.3, -0.25) is 0 Å². The van der Waals surface area contributed by atoms with Gasteiger partial charge in [0.1, 0.15) is 0 Å². The van der Waals surface area contributed by atoms with Crippen LogP contribution in [0, 0.1) is 6.92 Å². The Morgan fingerprint density at radius 3 is 2.33 bits per heavy atom. The summed E-state index contributed by atoms with van der Waals surface area (Å²) >= 11 is 0. The van der Waals surface area contributed by atoms with Crippen molar-refractivity contribution < 1.29 is 0 Å². The van der Waals surface area contributed by atoms with Gasteiger partial charge in [-0.25, -0.2) is 0 Å². The molecule has 9 heavy (non-hydrogen) atoms. The summed E-state index contributed by atoms with van der Waals surface area (Å²) in [5, 5.41) is 2.14. The largest absolute Gasteiger partial charge is 0.0912 e. The molecule has 0 bridgehead atoms. The van der Waals surface area contributed by atoms with Crippen LogP contribution in [-0.2, 0) is 0 Å². The van der Waals surface area contributed by atoms with Gasteiger partial charge in [0.15, 0.2) is 0 Å².